The topological polar surface area (TPSA) is 47.8 Å². The van der Waals surface area contributed by atoms with Gasteiger partial charge in [-0.2, -0.15) is 23.0 Å². The molecule has 0 aliphatic heterocycles. The Balaban J connectivity index is 1.95. The highest BCUT2D eigenvalue weighted by Gasteiger charge is 2.31. The third-order valence-corrected chi connectivity index (χ3v) is 5.44. The number of alkyl halides is 3. The van der Waals surface area contributed by atoms with Crippen LogP contribution in [0.5, 0.6) is 0 Å². The van der Waals surface area contributed by atoms with E-state index in [9.17, 15) is 18.0 Å². The molecule has 0 unspecified atom stereocenters. The van der Waals surface area contributed by atoms with Gasteiger partial charge in [-0.25, -0.2) is 4.98 Å². The number of hydrogen-bond donors (Lipinski definition) is 0. The smallest absolute Gasteiger partial charge is 0.266 e. The predicted octanol–water partition coefficient (Wildman–Crippen LogP) is 5.76. The lowest BCUT2D eigenvalue weighted by Crippen LogP contribution is -2.21. The van der Waals surface area contributed by atoms with E-state index in [0.717, 1.165) is 22.5 Å². The normalized spacial score (nSPS) is 11.6. The molecule has 2 heterocycles. The summed E-state index contributed by atoms with van der Waals surface area (Å²) in [4.78, 5) is 16.4. The second-order valence-corrected chi connectivity index (χ2v) is 7.38. The van der Waals surface area contributed by atoms with E-state index in [-0.39, 0.29) is 20.0 Å². The second kappa shape index (κ2) is 7.71. The SMILES string of the molecule is O=c1c(Cl)c(Sc2ncc(C(F)(F)F)cc2Cl)cnn1-c1cccc(Cl)c1. The van der Waals surface area contributed by atoms with Crippen LogP contribution in [-0.2, 0) is 6.18 Å². The van der Waals surface area contributed by atoms with Gasteiger partial charge in [-0.1, -0.05) is 52.6 Å². The van der Waals surface area contributed by atoms with E-state index >= 15 is 0 Å². The van der Waals surface area contributed by atoms with Crippen molar-refractivity contribution in [1.29, 1.82) is 0 Å². The van der Waals surface area contributed by atoms with Crippen LogP contribution in [0.25, 0.3) is 5.69 Å². The molecule has 3 rings (SSSR count). The zero-order valence-corrected chi connectivity index (χ0v) is 16.1. The molecule has 0 bridgehead atoms. The zero-order chi connectivity index (χ0) is 19.8. The van der Waals surface area contributed by atoms with E-state index in [1.165, 1.54) is 12.3 Å². The monoisotopic (exact) mass is 451 g/mol. The minimum Gasteiger partial charge on any atom is -0.266 e. The number of aromatic nitrogens is 3. The molecule has 11 heteroatoms. The van der Waals surface area contributed by atoms with Crippen molar-refractivity contribution in [2.75, 3.05) is 0 Å². The summed E-state index contributed by atoms with van der Waals surface area (Å²) in [6, 6.07) is 7.20. The van der Waals surface area contributed by atoms with E-state index in [1.807, 2.05) is 0 Å². The van der Waals surface area contributed by atoms with Crippen LogP contribution in [0.3, 0.4) is 0 Å². The molecular weight excluding hydrogens is 446 g/mol. The van der Waals surface area contributed by atoms with Gasteiger partial charge in [-0.3, -0.25) is 4.79 Å². The molecule has 3 aromatic rings. The van der Waals surface area contributed by atoms with Crippen molar-refractivity contribution in [3.05, 3.63) is 73.7 Å². The zero-order valence-electron chi connectivity index (χ0n) is 13.0. The lowest BCUT2D eigenvalue weighted by atomic mass is 10.3. The summed E-state index contributed by atoms with van der Waals surface area (Å²) >= 11 is 18.7. The molecule has 0 fully saturated rings. The lowest BCUT2D eigenvalue weighted by Gasteiger charge is -2.10. The molecule has 0 saturated carbocycles. The number of hydrogen-bond acceptors (Lipinski definition) is 4. The van der Waals surface area contributed by atoms with E-state index in [1.54, 1.807) is 18.2 Å². The van der Waals surface area contributed by atoms with Gasteiger partial charge in [0, 0.05) is 11.2 Å². The van der Waals surface area contributed by atoms with E-state index in [2.05, 4.69) is 10.1 Å². The minimum absolute atomic E-state index is 0.0632. The van der Waals surface area contributed by atoms with E-state index in [4.69, 9.17) is 34.8 Å². The minimum atomic E-state index is -4.56. The van der Waals surface area contributed by atoms with Gasteiger partial charge in [0.05, 0.1) is 27.4 Å². The van der Waals surface area contributed by atoms with Crippen LogP contribution in [0.4, 0.5) is 13.2 Å². The van der Waals surface area contributed by atoms with Crippen LogP contribution in [0, 0.1) is 0 Å². The quantitative estimate of drug-likeness (QED) is 0.507. The molecule has 0 amide bonds. The maximum atomic E-state index is 12.7. The lowest BCUT2D eigenvalue weighted by molar-refractivity contribution is -0.137. The molecular formula is C16H7Cl3F3N3OS. The summed E-state index contributed by atoms with van der Waals surface area (Å²) in [7, 11) is 0. The maximum absolute atomic E-state index is 12.7. The highest BCUT2D eigenvalue weighted by Crippen LogP contribution is 2.37. The van der Waals surface area contributed by atoms with Crippen molar-refractivity contribution < 1.29 is 13.2 Å². The van der Waals surface area contributed by atoms with E-state index in [0.29, 0.717) is 16.9 Å². The van der Waals surface area contributed by atoms with Crippen molar-refractivity contribution in [2.45, 2.75) is 16.1 Å². The molecule has 27 heavy (non-hydrogen) atoms. The van der Waals surface area contributed by atoms with Crippen LogP contribution in [-0.4, -0.2) is 14.8 Å². The fourth-order valence-electron chi connectivity index (χ4n) is 2.04. The van der Waals surface area contributed by atoms with Crippen molar-refractivity contribution in [2.24, 2.45) is 0 Å². The van der Waals surface area contributed by atoms with Crippen molar-refractivity contribution in [3.63, 3.8) is 0 Å². The van der Waals surface area contributed by atoms with Crippen LogP contribution < -0.4 is 5.56 Å². The largest absolute Gasteiger partial charge is 0.417 e. The summed E-state index contributed by atoms with van der Waals surface area (Å²) in [5.74, 6) is 0. The predicted molar refractivity (Wildman–Crippen MR) is 98.2 cm³/mol. The molecule has 0 radical (unpaired) electrons. The van der Waals surface area contributed by atoms with Gasteiger partial charge in [0.1, 0.15) is 10.0 Å². The summed E-state index contributed by atoms with van der Waals surface area (Å²) in [5.41, 5.74) is -1.18. The molecule has 2 aromatic heterocycles. The first-order valence-corrected chi connectivity index (χ1v) is 9.06. The Hall–Kier alpha value is -1.74. The molecule has 0 aliphatic rings. The fourth-order valence-corrected chi connectivity index (χ4v) is 3.50. The van der Waals surface area contributed by atoms with Gasteiger partial charge in [-0.05, 0) is 24.3 Å². The third-order valence-electron chi connectivity index (χ3n) is 3.28. The molecule has 0 atom stereocenters. The summed E-state index contributed by atoms with van der Waals surface area (Å²) in [5, 5.41) is 4.11. The molecule has 0 spiro atoms. The summed E-state index contributed by atoms with van der Waals surface area (Å²) < 4.78 is 39.1. The summed E-state index contributed by atoms with van der Waals surface area (Å²) in [6.07, 6.45) is -2.61. The number of benzene rings is 1. The Kier molecular flexibility index (Phi) is 5.71. The Labute approximate surface area is 169 Å². The van der Waals surface area contributed by atoms with Crippen LogP contribution in [0.1, 0.15) is 5.56 Å². The highest BCUT2D eigenvalue weighted by molar-refractivity contribution is 7.99. The molecule has 0 saturated heterocycles. The van der Waals surface area contributed by atoms with Gasteiger partial charge >= 0.3 is 6.18 Å². The first kappa shape index (κ1) is 20.0. The highest BCUT2D eigenvalue weighted by atomic mass is 35.5. The molecule has 4 nitrogen and oxygen atoms in total. The van der Waals surface area contributed by atoms with Gasteiger partial charge in [0.15, 0.2) is 0 Å². The van der Waals surface area contributed by atoms with E-state index < -0.39 is 17.3 Å². The Bertz CT molecular complexity index is 1070. The van der Waals surface area contributed by atoms with Crippen LogP contribution in [0.2, 0.25) is 15.1 Å². The maximum Gasteiger partial charge on any atom is 0.417 e. The Morgan fingerprint density at radius 1 is 1.07 bits per heavy atom. The Morgan fingerprint density at radius 2 is 1.81 bits per heavy atom. The number of nitrogens with zero attached hydrogens (tertiary/aromatic N) is 3. The van der Waals surface area contributed by atoms with Crippen molar-refractivity contribution >= 4 is 46.6 Å². The van der Waals surface area contributed by atoms with Crippen molar-refractivity contribution in [1.82, 2.24) is 14.8 Å². The van der Waals surface area contributed by atoms with Crippen molar-refractivity contribution in [3.8, 4) is 5.69 Å². The summed E-state index contributed by atoms with van der Waals surface area (Å²) in [6.45, 7) is 0. The van der Waals surface area contributed by atoms with Gasteiger partial charge in [0.25, 0.3) is 5.56 Å². The van der Waals surface area contributed by atoms with Crippen LogP contribution in [0.15, 0.2) is 57.4 Å². The fraction of sp³-hybridized carbons (Fsp3) is 0.0625. The average molecular weight is 453 g/mol. The first-order chi connectivity index (χ1) is 12.7. The molecule has 0 N–H and O–H groups in total. The van der Waals surface area contributed by atoms with Gasteiger partial charge < -0.3 is 0 Å². The number of rotatable bonds is 3. The number of halogens is 6. The molecule has 0 aliphatic carbocycles. The van der Waals surface area contributed by atoms with Crippen LogP contribution >= 0.6 is 46.6 Å². The van der Waals surface area contributed by atoms with Gasteiger partial charge in [0.2, 0.25) is 0 Å². The molecule has 140 valence electrons. The Morgan fingerprint density at radius 3 is 2.44 bits per heavy atom. The average Bonchev–Trinajstić information content (AvgIpc) is 2.59. The first-order valence-electron chi connectivity index (χ1n) is 7.11. The van der Waals surface area contributed by atoms with Gasteiger partial charge in [-0.15, -0.1) is 0 Å². The number of pyridine rings is 1. The standard InChI is InChI=1S/C16H7Cl3F3N3OS/c17-9-2-1-3-10(5-9)25-15(26)13(19)12(7-24-25)27-14-11(18)4-8(6-23-14)16(20,21)22/h1-7H. The second-order valence-electron chi connectivity index (χ2n) is 5.13. The third kappa shape index (κ3) is 4.40. The molecule has 1 aromatic carbocycles.